The molecule has 1 heterocycles. The number of hydrogen-bond acceptors (Lipinski definition) is 2. The fraction of sp³-hybridized carbons (Fsp3) is 0.154. The van der Waals surface area contributed by atoms with E-state index in [0.29, 0.717) is 11.6 Å². The van der Waals surface area contributed by atoms with Crippen LogP contribution < -0.4 is 4.74 Å². The summed E-state index contributed by atoms with van der Waals surface area (Å²) in [7, 11) is 0. The van der Waals surface area contributed by atoms with E-state index in [0.717, 1.165) is 23.9 Å². The molecule has 0 unspecified atom stereocenters. The van der Waals surface area contributed by atoms with Crippen molar-refractivity contribution >= 4 is 11.6 Å². The van der Waals surface area contributed by atoms with Gasteiger partial charge < -0.3 is 4.74 Å². The van der Waals surface area contributed by atoms with E-state index in [1.807, 2.05) is 0 Å². The van der Waals surface area contributed by atoms with Crippen molar-refractivity contribution in [2.24, 2.45) is 0 Å². The molecule has 2 aromatic rings. The highest BCUT2D eigenvalue weighted by Crippen LogP contribution is 2.15. The lowest BCUT2D eigenvalue weighted by molar-refractivity contribution is 0.297. The summed E-state index contributed by atoms with van der Waals surface area (Å²) in [6.45, 7) is -0.0501. The van der Waals surface area contributed by atoms with Crippen LogP contribution in [-0.4, -0.2) is 4.98 Å². The van der Waals surface area contributed by atoms with E-state index in [-0.39, 0.29) is 12.2 Å². The Morgan fingerprint density at radius 2 is 2.00 bits per heavy atom. The quantitative estimate of drug-likeness (QED) is 0.790. The van der Waals surface area contributed by atoms with Crippen molar-refractivity contribution < 1.29 is 13.5 Å². The zero-order chi connectivity index (χ0) is 13.0. The number of hydrogen-bond donors (Lipinski definition) is 0. The Balaban J connectivity index is 2.04. The normalized spacial score (nSPS) is 10.4. The number of aromatic nitrogens is 1. The van der Waals surface area contributed by atoms with Gasteiger partial charge >= 0.3 is 0 Å². The van der Waals surface area contributed by atoms with E-state index in [1.54, 1.807) is 12.1 Å². The molecule has 94 valence electrons. The van der Waals surface area contributed by atoms with Gasteiger partial charge in [0.05, 0.1) is 17.8 Å². The van der Waals surface area contributed by atoms with Gasteiger partial charge in [0.2, 0.25) is 0 Å². The van der Waals surface area contributed by atoms with Gasteiger partial charge in [0, 0.05) is 5.56 Å². The molecule has 0 amide bonds. The number of ether oxygens (including phenoxy) is 1. The Labute approximate surface area is 108 Å². The molecule has 2 nitrogen and oxygen atoms in total. The third kappa shape index (κ3) is 3.17. The van der Waals surface area contributed by atoms with Crippen molar-refractivity contribution in [3.63, 3.8) is 0 Å². The van der Waals surface area contributed by atoms with E-state index in [2.05, 4.69) is 4.98 Å². The smallest absolute Gasteiger partial charge is 0.138 e. The van der Waals surface area contributed by atoms with Crippen LogP contribution in [0.2, 0.25) is 0 Å². The lowest BCUT2D eigenvalue weighted by atomic mass is 10.2. The number of alkyl halides is 1. The highest BCUT2D eigenvalue weighted by molar-refractivity contribution is 6.16. The first-order valence-corrected chi connectivity index (χ1v) is 5.80. The summed E-state index contributed by atoms with van der Waals surface area (Å²) in [5, 5.41) is 0. The number of halogens is 3. The fourth-order valence-electron chi connectivity index (χ4n) is 1.39. The standard InChI is InChI=1S/C13H10ClF2NO/c14-6-11-2-3-12(7-17-11)18-8-9-5-10(15)1-4-13(9)16/h1-5,7H,6,8H2. The molecule has 18 heavy (non-hydrogen) atoms. The van der Waals surface area contributed by atoms with Crippen LogP contribution in [0.15, 0.2) is 36.5 Å². The van der Waals surface area contributed by atoms with Gasteiger partial charge in [-0.05, 0) is 30.3 Å². The van der Waals surface area contributed by atoms with E-state index in [1.165, 1.54) is 6.20 Å². The number of rotatable bonds is 4. The SMILES string of the molecule is Fc1ccc(F)c(COc2ccc(CCl)nc2)c1. The first-order valence-electron chi connectivity index (χ1n) is 5.26. The predicted molar refractivity (Wildman–Crippen MR) is 64.5 cm³/mol. The number of pyridine rings is 1. The largest absolute Gasteiger partial charge is 0.487 e. The van der Waals surface area contributed by atoms with Gasteiger partial charge in [0.25, 0.3) is 0 Å². The van der Waals surface area contributed by atoms with Crippen LogP contribution in [0.1, 0.15) is 11.3 Å². The van der Waals surface area contributed by atoms with Gasteiger partial charge in [-0.1, -0.05) is 0 Å². The molecule has 5 heteroatoms. The third-order valence-corrected chi connectivity index (χ3v) is 2.61. The lowest BCUT2D eigenvalue weighted by Crippen LogP contribution is -2.00. The zero-order valence-electron chi connectivity index (χ0n) is 9.37. The fourth-order valence-corrected chi connectivity index (χ4v) is 1.55. The molecule has 0 N–H and O–H groups in total. The summed E-state index contributed by atoms with van der Waals surface area (Å²) in [4.78, 5) is 4.02. The Kier molecular flexibility index (Phi) is 4.10. The molecule has 0 radical (unpaired) electrons. The minimum atomic E-state index is -0.498. The minimum Gasteiger partial charge on any atom is -0.487 e. The maximum absolute atomic E-state index is 13.3. The molecule has 2 rings (SSSR count). The number of nitrogens with zero attached hydrogens (tertiary/aromatic N) is 1. The molecule has 0 aliphatic carbocycles. The second kappa shape index (κ2) is 5.78. The van der Waals surface area contributed by atoms with E-state index in [4.69, 9.17) is 16.3 Å². The molecular weight excluding hydrogens is 260 g/mol. The highest BCUT2D eigenvalue weighted by Gasteiger charge is 2.05. The average Bonchev–Trinajstić information content (AvgIpc) is 2.40. The molecule has 0 saturated heterocycles. The first-order chi connectivity index (χ1) is 8.69. The maximum atomic E-state index is 13.3. The average molecular weight is 270 g/mol. The molecule has 0 fully saturated rings. The molecule has 1 aromatic carbocycles. The predicted octanol–water partition coefficient (Wildman–Crippen LogP) is 3.68. The molecule has 0 atom stereocenters. The van der Waals surface area contributed by atoms with Crippen molar-refractivity contribution in [3.8, 4) is 5.75 Å². The topological polar surface area (TPSA) is 22.1 Å². The van der Waals surface area contributed by atoms with Gasteiger partial charge in [-0.3, -0.25) is 4.98 Å². The Morgan fingerprint density at radius 3 is 2.67 bits per heavy atom. The van der Waals surface area contributed by atoms with Gasteiger partial charge in [-0.15, -0.1) is 11.6 Å². The second-order valence-electron chi connectivity index (χ2n) is 3.64. The maximum Gasteiger partial charge on any atom is 0.138 e. The second-order valence-corrected chi connectivity index (χ2v) is 3.91. The van der Waals surface area contributed by atoms with Gasteiger partial charge in [-0.25, -0.2) is 8.78 Å². The third-order valence-electron chi connectivity index (χ3n) is 2.34. The Hall–Kier alpha value is -1.68. The van der Waals surface area contributed by atoms with Crippen LogP contribution in [0.4, 0.5) is 8.78 Å². The summed E-state index contributed by atoms with van der Waals surface area (Å²) in [5.41, 5.74) is 0.886. The zero-order valence-corrected chi connectivity index (χ0v) is 10.1. The summed E-state index contributed by atoms with van der Waals surface area (Å²) < 4.78 is 31.5. The van der Waals surface area contributed by atoms with Crippen molar-refractivity contribution in [1.82, 2.24) is 4.98 Å². The minimum absolute atomic E-state index is 0.0501. The van der Waals surface area contributed by atoms with Crippen LogP contribution in [0.3, 0.4) is 0 Å². The van der Waals surface area contributed by atoms with E-state index in [9.17, 15) is 8.78 Å². The summed E-state index contributed by atoms with van der Waals surface area (Å²) >= 11 is 5.60. The molecule has 1 aromatic heterocycles. The highest BCUT2D eigenvalue weighted by atomic mass is 35.5. The van der Waals surface area contributed by atoms with Crippen LogP contribution in [0, 0.1) is 11.6 Å². The molecule has 0 saturated carbocycles. The van der Waals surface area contributed by atoms with Gasteiger partial charge in [-0.2, -0.15) is 0 Å². The Bertz CT molecular complexity index is 531. The summed E-state index contributed by atoms with van der Waals surface area (Å²) in [5.74, 6) is -0.196. The van der Waals surface area contributed by atoms with Crippen LogP contribution in [-0.2, 0) is 12.5 Å². The van der Waals surface area contributed by atoms with Crippen molar-refractivity contribution in [3.05, 3.63) is 59.4 Å². The van der Waals surface area contributed by atoms with Crippen molar-refractivity contribution in [2.75, 3.05) is 0 Å². The molecule has 0 aliphatic rings. The Morgan fingerprint density at radius 1 is 1.17 bits per heavy atom. The summed E-state index contributed by atoms with van der Waals surface area (Å²) in [6.07, 6.45) is 1.49. The molecule has 0 bridgehead atoms. The number of benzene rings is 1. The first kappa shape index (κ1) is 12.8. The van der Waals surface area contributed by atoms with Crippen LogP contribution in [0.25, 0.3) is 0 Å². The lowest BCUT2D eigenvalue weighted by Gasteiger charge is -2.07. The molecular formula is C13H10ClF2NO. The van der Waals surface area contributed by atoms with Crippen molar-refractivity contribution in [1.29, 1.82) is 0 Å². The van der Waals surface area contributed by atoms with Crippen LogP contribution >= 0.6 is 11.6 Å². The van der Waals surface area contributed by atoms with E-state index < -0.39 is 11.6 Å². The van der Waals surface area contributed by atoms with Gasteiger partial charge in [0.1, 0.15) is 24.0 Å². The molecule has 0 aliphatic heterocycles. The van der Waals surface area contributed by atoms with E-state index >= 15 is 0 Å². The van der Waals surface area contributed by atoms with Crippen LogP contribution in [0.5, 0.6) is 5.75 Å². The van der Waals surface area contributed by atoms with Gasteiger partial charge in [0.15, 0.2) is 0 Å². The monoisotopic (exact) mass is 269 g/mol. The van der Waals surface area contributed by atoms with Crippen molar-refractivity contribution in [2.45, 2.75) is 12.5 Å². The summed E-state index contributed by atoms with van der Waals surface area (Å²) in [6, 6.07) is 6.64. The molecule has 0 spiro atoms.